The van der Waals surface area contributed by atoms with Gasteiger partial charge in [-0.15, -0.1) is 0 Å². The van der Waals surface area contributed by atoms with E-state index in [2.05, 4.69) is 0 Å². The fraction of sp³-hybridized carbons (Fsp3) is 0.263. The molecule has 0 bridgehead atoms. The van der Waals surface area contributed by atoms with Gasteiger partial charge in [-0.2, -0.15) is 0 Å². The van der Waals surface area contributed by atoms with Gasteiger partial charge in [-0.3, -0.25) is 9.59 Å². The number of hydrogen-bond donors (Lipinski definition) is 1. The Bertz CT molecular complexity index is 862. The highest BCUT2D eigenvalue weighted by atomic mass is 19.2. The summed E-state index contributed by atoms with van der Waals surface area (Å²) in [4.78, 5) is 28.0. The lowest BCUT2D eigenvalue weighted by molar-refractivity contribution is 0.0533. The number of phenols is 1. The number of carbonyl (C=O) groups is 2. The van der Waals surface area contributed by atoms with Crippen LogP contribution in [0, 0.1) is 18.6 Å². The molecule has 2 aromatic rings. The Balaban J connectivity index is 1.66. The summed E-state index contributed by atoms with van der Waals surface area (Å²) in [5.41, 5.74) is 1.14. The Morgan fingerprint density at radius 2 is 1.50 bits per heavy atom. The average molecular weight is 360 g/mol. The van der Waals surface area contributed by atoms with Gasteiger partial charge in [0.25, 0.3) is 11.8 Å². The van der Waals surface area contributed by atoms with Crippen LogP contribution >= 0.6 is 0 Å². The molecule has 1 heterocycles. The van der Waals surface area contributed by atoms with Crippen molar-refractivity contribution in [3.05, 3.63) is 64.7 Å². The van der Waals surface area contributed by atoms with Crippen molar-refractivity contribution in [1.82, 2.24) is 9.80 Å². The summed E-state index contributed by atoms with van der Waals surface area (Å²) in [7, 11) is 0. The van der Waals surface area contributed by atoms with E-state index in [-0.39, 0.29) is 35.9 Å². The minimum Gasteiger partial charge on any atom is -0.507 e. The number of amides is 2. The third-order valence-electron chi connectivity index (χ3n) is 4.40. The van der Waals surface area contributed by atoms with Crippen LogP contribution in [-0.4, -0.2) is 52.9 Å². The Labute approximate surface area is 149 Å². The van der Waals surface area contributed by atoms with Crippen LogP contribution in [0.1, 0.15) is 26.3 Å². The summed E-state index contributed by atoms with van der Waals surface area (Å²) >= 11 is 0. The van der Waals surface area contributed by atoms with E-state index in [0.29, 0.717) is 13.1 Å². The molecule has 1 saturated heterocycles. The largest absolute Gasteiger partial charge is 0.507 e. The first-order valence-electron chi connectivity index (χ1n) is 8.20. The molecule has 1 aliphatic heterocycles. The van der Waals surface area contributed by atoms with Gasteiger partial charge in [-0.25, -0.2) is 8.78 Å². The summed E-state index contributed by atoms with van der Waals surface area (Å²) in [5, 5.41) is 9.95. The SMILES string of the molecule is Cc1ccc(C(=O)N2CCN(C(=O)c3ccc(F)c(F)c3)CC2)c(O)c1. The summed E-state index contributed by atoms with van der Waals surface area (Å²) in [6.45, 7) is 2.95. The lowest BCUT2D eigenvalue weighted by atomic mass is 10.1. The third-order valence-corrected chi connectivity index (χ3v) is 4.40. The number of benzene rings is 2. The van der Waals surface area contributed by atoms with E-state index in [1.807, 2.05) is 6.92 Å². The smallest absolute Gasteiger partial charge is 0.257 e. The highest BCUT2D eigenvalue weighted by Gasteiger charge is 2.27. The van der Waals surface area contributed by atoms with Crippen molar-refractivity contribution >= 4 is 11.8 Å². The summed E-state index contributed by atoms with van der Waals surface area (Å²) < 4.78 is 26.3. The van der Waals surface area contributed by atoms with E-state index >= 15 is 0 Å². The number of aryl methyl sites for hydroxylation is 1. The van der Waals surface area contributed by atoms with Gasteiger partial charge in [0.05, 0.1) is 5.56 Å². The molecule has 7 heteroatoms. The molecule has 3 rings (SSSR count). The molecule has 26 heavy (non-hydrogen) atoms. The van der Waals surface area contributed by atoms with Crippen LogP contribution in [0.2, 0.25) is 0 Å². The third kappa shape index (κ3) is 3.51. The van der Waals surface area contributed by atoms with Crippen molar-refractivity contribution in [2.24, 2.45) is 0 Å². The second kappa shape index (κ2) is 7.11. The fourth-order valence-electron chi connectivity index (χ4n) is 2.92. The molecule has 1 N–H and O–H groups in total. The molecule has 1 aliphatic rings. The first kappa shape index (κ1) is 17.8. The first-order chi connectivity index (χ1) is 12.4. The summed E-state index contributed by atoms with van der Waals surface area (Å²) in [5.74, 6) is -2.86. The van der Waals surface area contributed by atoms with Gasteiger partial charge in [-0.1, -0.05) is 6.07 Å². The molecule has 5 nitrogen and oxygen atoms in total. The predicted molar refractivity (Wildman–Crippen MR) is 91.0 cm³/mol. The Morgan fingerprint density at radius 3 is 2.08 bits per heavy atom. The molecule has 136 valence electrons. The van der Waals surface area contributed by atoms with Crippen LogP contribution in [0.3, 0.4) is 0 Å². The van der Waals surface area contributed by atoms with E-state index in [4.69, 9.17) is 0 Å². The molecular weight excluding hydrogens is 342 g/mol. The molecule has 0 aliphatic carbocycles. The van der Waals surface area contributed by atoms with Gasteiger partial charge < -0.3 is 14.9 Å². The number of nitrogens with zero attached hydrogens (tertiary/aromatic N) is 2. The van der Waals surface area contributed by atoms with Crippen molar-refractivity contribution in [2.75, 3.05) is 26.2 Å². The van der Waals surface area contributed by atoms with Gasteiger partial charge in [0.2, 0.25) is 0 Å². The predicted octanol–water partition coefficient (Wildman–Crippen LogP) is 2.58. The zero-order valence-corrected chi connectivity index (χ0v) is 14.2. The number of aromatic hydroxyl groups is 1. The molecule has 0 atom stereocenters. The van der Waals surface area contributed by atoms with E-state index in [1.54, 1.807) is 17.0 Å². The molecule has 0 spiro atoms. The number of rotatable bonds is 2. The van der Waals surface area contributed by atoms with E-state index in [1.165, 1.54) is 17.0 Å². The molecule has 0 unspecified atom stereocenters. The lowest BCUT2D eigenvalue weighted by Crippen LogP contribution is -2.50. The Kier molecular flexibility index (Phi) is 4.88. The average Bonchev–Trinajstić information content (AvgIpc) is 2.63. The van der Waals surface area contributed by atoms with Crippen LogP contribution in [0.5, 0.6) is 5.75 Å². The van der Waals surface area contributed by atoms with Crippen LogP contribution in [0.25, 0.3) is 0 Å². The van der Waals surface area contributed by atoms with Crippen molar-refractivity contribution in [1.29, 1.82) is 0 Å². The highest BCUT2D eigenvalue weighted by molar-refractivity contribution is 5.97. The zero-order chi connectivity index (χ0) is 18.8. The van der Waals surface area contributed by atoms with Crippen LogP contribution in [0.4, 0.5) is 8.78 Å². The standard InChI is InChI=1S/C19H18F2N2O3/c1-12-2-4-14(17(24)10-12)19(26)23-8-6-22(7-9-23)18(25)13-3-5-15(20)16(21)11-13/h2-5,10-11,24H,6-9H2,1H3. The monoisotopic (exact) mass is 360 g/mol. The van der Waals surface area contributed by atoms with Crippen LogP contribution < -0.4 is 0 Å². The van der Waals surface area contributed by atoms with Gasteiger partial charge in [-0.05, 0) is 42.8 Å². The minimum absolute atomic E-state index is 0.0693. The van der Waals surface area contributed by atoms with Crippen molar-refractivity contribution < 1.29 is 23.5 Å². The lowest BCUT2D eigenvalue weighted by Gasteiger charge is -2.35. The highest BCUT2D eigenvalue weighted by Crippen LogP contribution is 2.21. The molecule has 1 fully saturated rings. The van der Waals surface area contributed by atoms with E-state index < -0.39 is 17.5 Å². The fourth-order valence-corrected chi connectivity index (χ4v) is 2.92. The summed E-state index contributed by atoms with van der Waals surface area (Å²) in [6, 6.07) is 7.88. The Morgan fingerprint density at radius 1 is 0.885 bits per heavy atom. The molecule has 0 radical (unpaired) electrons. The van der Waals surface area contributed by atoms with E-state index in [0.717, 1.165) is 17.7 Å². The first-order valence-corrected chi connectivity index (χ1v) is 8.20. The molecule has 0 saturated carbocycles. The number of piperazine rings is 1. The number of hydrogen-bond acceptors (Lipinski definition) is 3. The van der Waals surface area contributed by atoms with Gasteiger partial charge in [0.15, 0.2) is 11.6 Å². The van der Waals surface area contributed by atoms with Crippen molar-refractivity contribution in [3.8, 4) is 5.75 Å². The maximum Gasteiger partial charge on any atom is 0.257 e. The van der Waals surface area contributed by atoms with Gasteiger partial charge >= 0.3 is 0 Å². The van der Waals surface area contributed by atoms with Gasteiger partial charge in [0.1, 0.15) is 5.75 Å². The minimum atomic E-state index is -1.07. The normalized spacial score (nSPS) is 14.4. The molecule has 2 amide bonds. The molecule has 0 aromatic heterocycles. The van der Waals surface area contributed by atoms with Crippen molar-refractivity contribution in [2.45, 2.75) is 6.92 Å². The summed E-state index contributed by atoms with van der Waals surface area (Å²) in [6.07, 6.45) is 0. The number of halogens is 2. The van der Waals surface area contributed by atoms with Crippen molar-refractivity contribution in [3.63, 3.8) is 0 Å². The molecular formula is C19H18F2N2O3. The number of carbonyl (C=O) groups excluding carboxylic acids is 2. The maximum atomic E-state index is 13.3. The number of phenolic OH excluding ortho intramolecular Hbond substituents is 1. The maximum absolute atomic E-state index is 13.3. The Hall–Kier alpha value is -2.96. The van der Waals surface area contributed by atoms with Crippen LogP contribution in [-0.2, 0) is 0 Å². The topological polar surface area (TPSA) is 60.9 Å². The zero-order valence-electron chi connectivity index (χ0n) is 14.2. The quantitative estimate of drug-likeness (QED) is 0.896. The molecule has 2 aromatic carbocycles. The van der Waals surface area contributed by atoms with Crippen LogP contribution in [0.15, 0.2) is 36.4 Å². The van der Waals surface area contributed by atoms with Gasteiger partial charge in [0, 0.05) is 31.7 Å². The second-order valence-electron chi connectivity index (χ2n) is 6.23. The van der Waals surface area contributed by atoms with E-state index in [9.17, 15) is 23.5 Å². The second-order valence-corrected chi connectivity index (χ2v) is 6.23.